The molecule has 17 heavy (non-hydrogen) atoms. The molecule has 0 radical (unpaired) electrons. The van der Waals surface area contributed by atoms with Crippen LogP contribution in [0.25, 0.3) is 0 Å². The molecule has 94 valence electrons. The number of carbonyl (C=O) groups is 1. The summed E-state index contributed by atoms with van der Waals surface area (Å²) in [6.45, 7) is 3.40. The Morgan fingerprint density at radius 3 is 2.59 bits per heavy atom. The fourth-order valence-corrected chi connectivity index (χ4v) is 3.87. The van der Waals surface area contributed by atoms with Gasteiger partial charge in [0.1, 0.15) is 0 Å². The van der Waals surface area contributed by atoms with Crippen molar-refractivity contribution in [1.29, 1.82) is 0 Å². The number of hydrogen-bond donors (Lipinski definition) is 0. The first-order chi connectivity index (χ1) is 8.27. The van der Waals surface area contributed by atoms with Gasteiger partial charge in [-0.2, -0.15) is 0 Å². The Kier molecular flexibility index (Phi) is 2.11. The number of nitrogens with zero attached hydrogens (tertiary/aromatic N) is 2. The lowest BCUT2D eigenvalue weighted by Gasteiger charge is -2.36. The molecule has 2 saturated carbocycles. The lowest BCUT2D eigenvalue weighted by molar-refractivity contribution is -0.133. The van der Waals surface area contributed by atoms with Crippen LogP contribution in [0.15, 0.2) is 0 Å². The molecular formula is C14H22N2O. The van der Waals surface area contributed by atoms with Gasteiger partial charge in [0.2, 0.25) is 5.91 Å². The number of hydrogen-bond acceptors (Lipinski definition) is 2. The Hall–Kier alpha value is -0.570. The number of piperidine rings is 1. The van der Waals surface area contributed by atoms with E-state index in [0.29, 0.717) is 17.4 Å². The maximum absolute atomic E-state index is 12.4. The van der Waals surface area contributed by atoms with Crippen molar-refractivity contribution in [2.45, 2.75) is 57.0 Å². The average molecular weight is 234 g/mol. The molecule has 2 heterocycles. The van der Waals surface area contributed by atoms with Gasteiger partial charge in [-0.3, -0.25) is 9.69 Å². The molecule has 4 fully saturated rings. The monoisotopic (exact) mass is 234 g/mol. The largest absolute Gasteiger partial charge is 0.338 e. The molecule has 0 aromatic carbocycles. The minimum atomic E-state index is 0.244. The standard InChI is InChI=1S/C14H22N2O/c17-13-12(4-9-16(13)11-2-3-11)15-8-1-5-14(10-15)6-7-14/h11-12H,1-10H2. The van der Waals surface area contributed by atoms with E-state index in [1.54, 1.807) is 0 Å². The molecule has 2 saturated heterocycles. The first kappa shape index (κ1) is 10.4. The zero-order chi connectivity index (χ0) is 11.5. The minimum absolute atomic E-state index is 0.244. The van der Waals surface area contributed by atoms with Crippen molar-refractivity contribution < 1.29 is 4.79 Å². The second kappa shape index (κ2) is 3.47. The summed E-state index contributed by atoms with van der Waals surface area (Å²) in [7, 11) is 0. The number of rotatable bonds is 2. The maximum atomic E-state index is 12.4. The summed E-state index contributed by atoms with van der Waals surface area (Å²) in [5.74, 6) is 0.449. The van der Waals surface area contributed by atoms with Crippen LogP contribution in [0.3, 0.4) is 0 Å². The van der Waals surface area contributed by atoms with Crippen LogP contribution in [0.4, 0.5) is 0 Å². The Balaban J connectivity index is 1.46. The molecule has 0 N–H and O–H groups in total. The van der Waals surface area contributed by atoms with Gasteiger partial charge in [-0.25, -0.2) is 0 Å². The first-order valence-corrected chi connectivity index (χ1v) is 7.32. The van der Waals surface area contributed by atoms with Crippen LogP contribution < -0.4 is 0 Å². The molecule has 1 atom stereocenters. The van der Waals surface area contributed by atoms with E-state index >= 15 is 0 Å². The van der Waals surface area contributed by atoms with Gasteiger partial charge in [0.15, 0.2) is 0 Å². The highest BCUT2D eigenvalue weighted by Crippen LogP contribution is 2.52. The summed E-state index contributed by atoms with van der Waals surface area (Å²) < 4.78 is 0. The average Bonchev–Trinajstić information content (AvgIpc) is 3.24. The Morgan fingerprint density at radius 2 is 1.88 bits per heavy atom. The van der Waals surface area contributed by atoms with E-state index in [2.05, 4.69) is 9.80 Å². The van der Waals surface area contributed by atoms with Crippen molar-refractivity contribution >= 4 is 5.91 Å². The number of amides is 1. The van der Waals surface area contributed by atoms with E-state index in [0.717, 1.165) is 19.5 Å². The minimum Gasteiger partial charge on any atom is -0.338 e. The number of carbonyl (C=O) groups excluding carboxylic acids is 1. The van der Waals surface area contributed by atoms with Gasteiger partial charge in [0, 0.05) is 19.1 Å². The van der Waals surface area contributed by atoms with Crippen molar-refractivity contribution in [1.82, 2.24) is 9.80 Å². The third-order valence-electron chi connectivity index (χ3n) is 5.29. The SMILES string of the molecule is O=C1C(N2CCCC3(CC3)C2)CCN1C1CC1. The smallest absolute Gasteiger partial charge is 0.240 e. The van der Waals surface area contributed by atoms with Crippen molar-refractivity contribution in [3.05, 3.63) is 0 Å². The molecule has 0 aromatic rings. The van der Waals surface area contributed by atoms with E-state index in [4.69, 9.17) is 0 Å². The second-order valence-corrected chi connectivity index (χ2v) is 6.64. The Bertz CT molecular complexity index is 346. The molecular weight excluding hydrogens is 212 g/mol. The molecule has 1 amide bonds. The quantitative estimate of drug-likeness (QED) is 0.725. The van der Waals surface area contributed by atoms with Crippen LogP contribution in [0.1, 0.15) is 44.9 Å². The van der Waals surface area contributed by atoms with Gasteiger partial charge >= 0.3 is 0 Å². The molecule has 3 heteroatoms. The van der Waals surface area contributed by atoms with Gasteiger partial charge < -0.3 is 4.90 Å². The summed E-state index contributed by atoms with van der Waals surface area (Å²) in [4.78, 5) is 17.1. The zero-order valence-electron chi connectivity index (χ0n) is 10.5. The topological polar surface area (TPSA) is 23.6 Å². The molecule has 0 bridgehead atoms. The number of likely N-dealkylation sites (tertiary alicyclic amines) is 2. The van der Waals surface area contributed by atoms with Crippen LogP contribution in [-0.2, 0) is 4.79 Å². The van der Waals surface area contributed by atoms with Gasteiger partial charge in [0.25, 0.3) is 0 Å². The molecule has 0 aromatic heterocycles. The zero-order valence-corrected chi connectivity index (χ0v) is 10.5. The highest BCUT2D eigenvalue weighted by molar-refractivity contribution is 5.84. The van der Waals surface area contributed by atoms with E-state index in [1.807, 2.05) is 0 Å². The highest BCUT2D eigenvalue weighted by atomic mass is 16.2. The van der Waals surface area contributed by atoms with Crippen LogP contribution in [-0.4, -0.2) is 47.4 Å². The van der Waals surface area contributed by atoms with E-state index in [1.165, 1.54) is 45.1 Å². The second-order valence-electron chi connectivity index (χ2n) is 6.64. The van der Waals surface area contributed by atoms with Crippen molar-refractivity contribution in [2.75, 3.05) is 19.6 Å². The molecule has 2 aliphatic heterocycles. The lowest BCUT2D eigenvalue weighted by atomic mass is 9.93. The first-order valence-electron chi connectivity index (χ1n) is 7.32. The molecule has 4 aliphatic rings. The van der Waals surface area contributed by atoms with Crippen LogP contribution in [0.5, 0.6) is 0 Å². The van der Waals surface area contributed by atoms with Gasteiger partial charge in [0.05, 0.1) is 6.04 Å². The van der Waals surface area contributed by atoms with Crippen LogP contribution >= 0.6 is 0 Å². The molecule has 2 aliphatic carbocycles. The van der Waals surface area contributed by atoms with Crippen molar-refractivity contribution in [3.8, 4) is 0 Å². The fraction of sp³-hybridized carbons (Fsp3) is 0.929. The molecule has 1 spiro atoms. The predicted molar refractivity (Wildman–Crippen MR) is 65.6 cm³/mol. The van der Waals surface area contributed by atoms with E-state index in [9.17, 15) is 4.79 Å². The summed E-state index contributed by atoms with van der Waals surface area (Å²) in [5, 5.41) is 0. The van der Waals surface area contributed by atoms with Gasteiger partial charge in [-0.1, -0.05) is 0 Å². The Morgan fingerprint density at radius 1 is 1.06 bits per heavy atom. The van der Waals surface area contributed by atoms with Crippen molar-refractivity contribution in [2.24, 2.45) is 5.41 Å². The van der Waals surface area contributed by atoms with Crippen molar-refractivity contribution in [3.63, 3.8) is 0 Å². The van der Waals surface area contributed by atoms with Gasteiger partial charge in [-0.05, 0) is 56.9 Å². The highest BCUT2D eigenvalue weighted by Gasteiger charge is 2.49. The summed E-state index contributed by atoms with van der Waals surface area (Å²) >= 11 is 0. The third kappa shape index (κ3) is 1.70. The normalized spacial score (nSPS) is 36.8. The summed E-state index contributed by atoms with van der Waals surface area (Å²) in [6.07, 6.45) is 9.15. The Labute approximate surface area is 103 Å². The maximum Gasteiger partial charge on any atom is 0.240 e. The molecule has 3 nitrogen and oxygen atoms in total. The molecule has 4 rings (SSSR count). The fourth-order valence-electron chi connectivity index (χ4n) is 3.87. The van der Waals surface area contributed by atoms with E-state index < -0.39 is 0 Å². The lowest BCUT2D eigenvalue weighted by Crippen LogP contribution is -2.47. The van der Waals surface area contributed by atoms with Crippen LogP contribution in [0, 0.1) is 5.41 Å². The summed E-state index contributed by atoms with van der Waals surface area (Å²) in [6, 6.07) is 0.862. The third-order valence-corrected chi connectivity index (χ3v) is 5.29. The van der Waals surface area contributed by atoms with Crippen LogP contribution in [0.2, 0.25) is 0 Å². The van der Waals surface area contributed by atoms with Gasteiger partial charge in [-0.15, -0.1) is 0 Å². The predicted octanol–water partition coefficient (Wildman–Crippen LogP) is 1.63. The van der Waals surface area contributed by atoms with E-state index in [-0.39, 0.29) is 6.04 Å². The summed E-state index contributed by atoms with van der Waals surface area (Å²) in [5.41, 5.74) is 0.644. The molecule has 1 unspecified atom stereocenters.